The Kier molecular flexibility index (Phi) is 5.48. The summed E-state index contributed by atoms with van der Waals surface area (Å²) in [4.78, 5) is 17.0. The Hall–Kier alpha value is -2.22. The third-order valence-electron chi connectivity index (χ3n) is 5.99. The number of aromatic nitrogens is 2. The molecule has 1 aliphatic carbocycles. The highest BCUT2D eigenvalue weighted by Crippen LogP contribution is 2.29. The van der Waals surface area contributed by atoms with Crippen LogP contribution >= 0.6 is 0 Å². The van der Waals surface area contributed by atoms with Gasteiger partial charge in [0, 0.05) is 31.9 Å². The molecule has 2 aliphatic rings. The van der Waals surface area contributed by atoms with Crippen molar-refractivity contribution in [3.63, 3.8) is 0 Å². The molecule has 1 N–H and O–H groups in total. The van der Waals surface area contributed by atoms with E-state index in [4.69, 9.17) is 4.74 Å². The van der Waals surface area contributed by atoms with Gasteiger partial charge in [0.15, 0.2) is 5.69 Å². The van der Waals surface area contributed by atoms with E-state index in [2.05, 4.69) is 10.00 Å². The van der Waals surface area contributed by atoms with Crippen LogP contribution < -0.4 is 0 Å². The third kappa shape index (κ3) is 3.57. The predicted molar refractivity (Wildman–Crippen MR) is 106 cm³/mol. The number of hydrogen-bond donors (Lipinski definition) is 1. The number of aliphatic hydroxyl groups excluding tert-OH is 1. The largest absolute Gasteiger partial charge is 0.389 e. The zero-order valence-electron chi connectivity index (χ0n) is 16.5. The molecule has 0 radical (unpaired) electrons. The maximum atomic E-state index is 13.1. The number of likely N-dealkylation sites (N-methyl/N-ethyl adjacent to an activating group) is 1. The summed E-state index contributed by atoms with van der Waals surface area (Å²) in [6.45, 7) is 5.03. The molecule has 1 aliphatic heterocycles. The molecule has 28 heavy (non-hydrogen) atoms. The Labute approximate surface area is 165 Å². The monoisotopic (exact) mass is 384 g/mol. The number of carbonyl (C=O) groups is 1. The zero-order valence-corrected chi connectivity index (χ0v) is 16.5. The smallest absolute Gasteiger partial charge is 0.274 e. The van der Waals surface area contributed by atoms with Crippen LogP contribution in [0.4, 0.5) is 0 Å². The van der Waals surface area contributed by atoms with Crippen molar-refractivity contribution in [1.82, 2.24) is 19.6 Å². The zero-order chi connectivity index (χ0) is 19.7. The second kappa shape index (κ2) is 8.03. The summed E-state index contributed by atoms with van der Waals surface area (Å²) >= 11 is 0. The van der Waals surface area contributed by atoms with Gasteiger partial charge in [0.05, 0.1) is 31.0 Å². The third-order valence-corrected chi connectivity index (χ3v) is 5.99. The number of nitrogens with zero attached hydrogens (tertiary/aromatic N) is 4. The molecule has 0 unspecified atom stereocenters. The van der Waals surface area contributed by atoms with Gasteiger partial charge >= 0.3 is 0 Å². The number of benzene rings is 1. The lowest BCUT2D eigenvalue weighted by Gasteiger charge is -2.36. The van der Waals surface area contributed by atoms with E-state index < -0.39 is 6.10 Å². The van der Waals surface area contributed by atoms with Gasteiger partial charge in [0.2, 0.25) is 0 Å². The molecule has 1 aromatic carbocycles. The first-order valence-electron chi connectivity index (χ1n) is 9.95. The van der Waals surface area contributed by atoms with E-state index in [0.29, 0.717) is 18.9 Å². The molecule has 1 saturated heterocycles. The Morgan fingerprint density at radius 1 is 1.21 bits per heavy atom. The number of hydrogen-bond acceptors (Lipinski definition) is 5. The summed E-state index contributed by atoms with van der Waals surface area (Å²) in [6, 6.07) is 11.5. The maximum Gasteiger partial charge on any atom is 0.274 e. The van der Waals surface area contributed by atoms with Crippen molar-refractivity contribution in [2.45, 2.75) is 38.0 Å². The highest BCUT2D eigenvalue weighted by molar-refractivity contribution is 5.92. The second-order valence-electron chi connectivity index (χ2n) is 7.69. The SMILES string of the molecule is Cc1cc(C(=O)N(C)[C@@H]2CC[C@@H](N3CCOCC3)[C@@H]2O)nn1-c1ccccc1. The van der Waals surface area contributed by atoms with Crippen molar-refractivity contribution < 1.29 is 14.6 Å². The van der Waals surface area contributed by atoms with Gasteiger partial charge in [0.1, 0.15) is 0 Å². The lowest BCUT2D eigenvalue weighted by atomic mass is 10.1. The molecule has 3 atom stereocenters. The van der Waals surface area contributed by atoms with Gasteiger partial charge in [-0.1, -0.05) is 18.2 Å². The summed E-state index contributed by atoms with van der Waals surface area (Å²) in [5.74, 6) is -0.149. The van der Waals surface area contributed by atoms with Crippen LogP contribution in [-0.4, -0.2) is 82.1 Å². The molecule has 1 amide bonds. The Bertz CT molecular complexity index is 816. The quantitative estimate of drug-likeness (QED) is 0.865. The van der Waals surface area contributed by atoms with Gasteiger partial charge in [-0.25, -0.2) is 4.68 Å². The fraction of sp³-hybridized carbons (Fsp3) is 0.524. The van der Waals surface area contributed by atoms with E-state index in [1.807, 2.05) is 43.3 Å². The van der Waals surface area contributed by atoms with Gasteiger partial charge in [-0.2, -0.15) is 5.10 Å². The highest BCUT2D eigenvalue weighted by Gasteiger charge is 2.42. The summed E-state index contributed by atoms with van der Waals surface area (Å²) in [6.07, 6.45) is 1.13. The van der Waals surface area contributed by atoms with Crippen LogP contribution in [0, 0.1) is 6.92 Å². The van der Waals surface area contributed by atoms with Crippen molar-refractivity contribution in [2.75, 3.05) is 33.4 Å². The minimum Gasteiger partial charge on any atom is -0.389 e. The molecule has 7 nitrogen and oxygen atoms in total. The van der Waals surface area contributed by atoms with Crippen LogP contribution in [0.5, 0.6) is 0 Å². The highest BCUT2D eigenvalue weighted by atomic mass is 16.5. The summed E-state index contributed by atoms with van der Waals surface area (Å²) < 4.78 is 7.20. The van der Waals surface area contributed by atoms with E-state index in [9.17, 15) is 9.90 Å². The van der Waals surface area contributed by atoms with E-state index in [-0.39, 0.29) is 18.0 Å². The number of aryl methyl sites for hydroxylation is 1. The first-order chi connectivity index (χ1) is 13.6. The topological polar surface area (TPSA) is 70.8 Å². The van der Waals surface area contributed by atoms with Crippen molar-refractivity contribution in [2.24, 2.45) is 0 Å². The van der Waals surface area contributed by atoms with Gasteiger partial charge in [-0.3, -0.25) is 9.69 Å². The fourth-order valence-electron chi connectivity index (χ4n) is 4.41. The average molecular weight is 384 g/mol. The van der Waals surface area contributed by atoms with Crippen molar-refractivity contribution in [3.05, 3.63) is 47.8 Å². The molecule has 0 spiro atoms. The summed E-state index contributed by atoms with van der Waals surface area (Å²) in [5.41, 5.74) is 2.24. The normalized spacial score (nSPS) is 25.8. The first-order valence-corrected chi connectivity index (χ1v) is 9.95. The number of amides is 1. The molecule has 2 fully saturated rings. The Morgan fingerprint density at radius 2 is 1.93 bits per heavy atom. The van der Waals surface area contributed by atoms with Crippen molar-refractivity contribution in [1.29, 1.82) is 0 Å². The average Bonchev–Trinajstić information content (AvgIpc) is 3.31. The number of para-hydroxylation sites is 1. The van der Waals surface area contributed by atoms with Gasteiger partial charge in [-0.05, 0) is 38.0 Å². The molecule has 7 heteroatoms. The number of rotatable bonds is 4. The Balaban J connectivity index is 1.48. The summed E-state index contributed by atoms with van der Waals surface area (Å²) in [5, 5.41) is 15.4. The van der Waals surface area contributed by atoms with Gasteiger partial charge in [0.25, 0.3) is 5.91 Å². The molecule has 4 rings (SSSR count). The van der Waals surface area contributed by atoms with E-state index >= 15 is 0 Å². The van der Waals surface area contributed by atoms with Crippen molar-refractivity contribution in [3.8, 4) is 5.69 Å². The maximum absolute atomic E-state index is 13.1. The first kappa shape index (κ1) is 19.1. The predicted octanol–water partition coefficient (Wildman–Crippen LogP) is 1.48. The molecule has 150 valence electrons. The van der Waals surface area contributed by atoms with Crippen LogP contribution in [0.3, 0.4) is 0 Å². The van der Waals surface area contributed by atoms with E-state index in [1.54, 1.807) is 16.6 Å². The van der Waals surface area contributed by atoms with E-state index in [1.165, 1.54) is 0 Å². The minimum absolute atomic E-state index is 0.0905. The number of aliphatic hydroxyl groups is 1. The number of carbonyl (C=O) groups excluding carboxylic acids is 1. The van der Waals surface area contributed by atoms with Crippen LogP contribution in [0.15, 0.2) is 36.4 Å². The van der Waals surface area contributed by atoms with Crippen LogP contribution in [0.2, 0.25) is 0 Å². The number of morpholine rings is 1. The van der Waals surface area contributed by atoms with Crippen LogP contribution in [-0.2, 0) is 4.74 Å². The Morgan fingerprint density at radius 3 is 2.64 bits per heavy atom. The molecule has 1 saturated carbocycles. The molecular formula is C21H28N4O3. The van der Waals surface area contributed by atoms with Crippen molar-refractivity contribution >= 4 is 5.91 Å². The fourth-order valence-corrected chi connectivity index (χ4v) is 4.41. The standard InChI is InChI=1S/C21H28N4O3/c1-15-14-17(22-25(15)16-6-4-3-5-7-16)21(27)23(2)18-8-9-19(20(18)26)24-10-12-28-13-11-24/h3-7,14,18-20,26H,8-13H2,1-2H3/t18-,19-,20-/m1/s1. The molecule has 0 bridgehead atoms. The minimum atomic E-state index is -0.552. The van der Waals surface area contributed by atoms with Gasteiger partial charge in [-0.15, -0.1) is 0 Å². The number of ether oxygens (including phenoxy) is 1. The van der Waals surface area contributed by atoms with Crippen LogP contribution in [0.1, 0.15) is 29.0 Å². The lowest BCUT2D eigenvalue weighted by Crippen LogP contribution is -2.51. The van der Waals surface area contributed by atoms with E-state index in [0.717, 1.165) is 37.3 Å². The molecule has 2 heterocycles. The van der Waals surface area contributed by atoms with Crippen LogP contribution in [0.25, 0.3) is 5.69 Å². The lowest BCUT2D eigenvalue weighted by molar-refractivity contribution is -0.0232. The molecule has 2 aromatic rings. The molecular weight excluding hydrogens is 356 g/mol. The summed E-state index contributed by atoms with van der Waals surface area (Å²) in [7, 11) is 1.77. The molecule has 1 aromatic heterocycles. The van der Waals surface area contributed by atoms with Gasteiger partial charge < -0.3 is 14.7 Å². The second-order valence-corrected chi connectivity index (χ2v) is 7.69.